The molecule has 0 atom stereocenters. The van der Waals surface area contributed by atoms with Crippen LogP contribution >= 0.6 is 0 Å². The Morgan fingerprint density at radius 2 is 1.59 bits per heavy atom. The minimum Gasteiger partial charge on any atom is -0.504 e. The maximum absolute atomic E-state index is 11.7. The Kier molecular flexibility index (Phi) is 5.21. The number of nitrogens with zero attached hydrogens (tertiary/aromatic N) is 4. The fourth-order valence-electron chi connectivity index (χ4n) is 2.91. The molecule has 0 aliphatic heterocycles. The number of aromatic nitrogens is 3. The van der Waals surface area contributed by atoms with E-state index < -0.39 is 35.8 Å². The van der Waals surface area contributed by atoms with Crippen LogP contribution in [0.1, 0.15) is 0 Å². The summed E-state index contributed by atoms with van der Waals surface area (Å²) < 4.78 is 64.9. The van der Waals surface area contributed by atoms with Crippen LogP contribution in [-0.2, 0) is 20.2 Å². The zero-order valence-electron chi connectivity index (χ0n) is 15.8. The first-order valence-corrected chi connectivity index (χ1v) is 11.6. The number of aromatic amines is 1. The molecule has 4 N–H and O–H groups in total. The zero-order chi connectivity index (χ0) is 23.1. The van der Waals surface area contributed by atoms with E-state index >= 15 is 0 Å². The number of phenols is 1. The van der Waals surface area contributed by atoms with Gasteiger partial charge in [0.15, 0.2) is 11.6 Å². The molecule has 0 radical (unpaired) electrons. The van der Waals surface area contributed by atoms with E-state index in [1.807, 2.05) is 6.07 Å². The Labute approximate surface area is 180 Å². The lowest BCUT2D eigenvalue weighted by Crippen LogP contribution is -2.00. The van der Waals surface area contributed by atoms with E-state index in [2.05, 4.69) is 25.4 Å². The number of nitrogens with one attached hydrogen (secondary N) is 1. The van der Waals surface area contributed by atoms with E-state index in [1.54, 1.807) is 24.3 Å². The number of fused-ring (bicyclic) bond motifs is 1. The number of hydrogen-bond acceptors (Lipinski definition) is 9. The van der Waals surface area contributed by atoms with Gasteiger partial charge >= 0.3 is 0 Å². The molecule has 3 aromatic carbocycles. The van der Waals surface area contributed by atoms with Gasteiger partial charge in [-0.15, -0.1) is 15.3 Å². The Balaban J connectivity index is 1.86. The van der Waals surface area contributed by atoms with Crippen LogP contribution in [0.2, 0.25) is 0 Å². The highest BCUT2D eigenvalue weighted by molar-refractivity contribution is 7.86. The molecule has 14 heteroatoms. The fourth-order valence-corrected chi connectivity index (χ4v) is 4.04. The monoisotopic (exact) mass is 475 g/mol. The van der Waals surface area contributed by atoms with Crippen LogP contribution in [0.3, 0.4) is 0 Å². The zero-order valence-corrected chi connectivity index (χ0v) is 17.4. The number of aromatic hydroxyl groups is 1. The van der Waals surface area contributed by atoms with E-state index in [0.717, 1.165) is 23.8 Å². The molecule has 4 rings (SSSR count). The van der Waals surface area contributed by atoms with E-state index in [4.69, 9.17) is 0 Å². The van der Waals surface area contributed by atoms with Crippen LogP contribution < -0.4 is 0 Å². The van der Waals surface area contributed by atoms with Gasteiger partial charge in [-0.25, -0.2) is 0 Å². The van der Waals surface area contributed by atoms with Gasteiger partial charge in [-0.3, -0.25) is 14.2 Å². The molecule has 0 aliphatic rings. The Hall–Kier alpha value is -3.72. The second kappa shape index (κ2) is 7.76. The molecular formula is C18H13N5O7S2. The lowest BCUT2D eigenvalue weighted by Gasteiger charge is -2.09. The average Bonchev–Trinajstić information content (AvgIpc) is 3.20. The van der Waals surface area contributed by atoms with Gasteiger partial charge in [0.05, 0.1) is 4.90 Å². The van der Waals surface area contributed by atoms with Gasteiger partial charge in [0.2, 0.25) is 0 Å². The van der Waals surface area contributed by atoms with Crippen LogP contribution in [0.25, 0.3) is 22.2 Å². The van der Waals surface area contributed by atoms with Crippen molar-refractivity contribution in [2.24, 2.45) is 10.2 Å². The summed E-state index contributed by atoms with van der Waals surface area (Å²) in [5.41, 5.74) is 0.337. The molecule has 0 unspecified atom stereocenters. The predicted octanol–water partition coefficient (Wildman–Crippen LogP) is 3.24. The van der Waals surface area contributed by atoms with E-state index in [-0.39, 0.29) is 22.4 Å². The molecule has 0 spiro atoms. The summed E-state index contributed by atoms with van der Waals surface area (Å²) in [6.07, 6.45) is 0. The Morgan fingerprint density at radius 3 is 2.25 bits per heavy atom. The first-order valence-electron chi connectivity index (χ1n) is 8.68. The molecule has 1 aromatic heterocycles. The van der Waals surface area contributed by atoms with Crippen LogP contribution in [0.4, 0.5) is 11.6 Å². The summed E-state index contributed by atoms with van der Waals surface area (Å²) in [6.45, 7) is 0. The summed E-state index contributed by atoms with van der Waals surface area (Å²) in [6, 6.07) is 13.0. The van der Waals surface area contributed by atoms with Gasteiger partial charge in [0.25, 0.3) is 26.2 Å². The average molecular weight is 475 g/mol. The third kappa shape index (κ3) is 4.19. The lowest BCUT2D eigenvalue weighted by molar-refractivity contribution is 0.445. The predicted molar refractivity (Wildman–Crippen MR) is 111 cm³/mol. The van der Waals surface area contributed by atoms with Gasteiger partial charge in [-0.05, 0) is 23.6 Å². The third-order valence-electron chi connectivity index (χ3n) is 4.36. The van der Waals surface area contributed by atoms with Gasteiger partial charge < -0.3 is 5.11 Å². The largest absolute Gasteiger partial charge is 0.504 e. The quantitative estimate of drug-likeness (QED) is 0.247. The third-order valence-corrected chi connectivity index (χ3v) is 6.08. The molecule has 0 saturated carbocycles. The molecule has 0 bridgehead atoms. The van der Waals surface area contributed by atoms with Crippen molar-refractivity contribution in [3.8, 4) is 17.1 Å². The minimum atomic E-state index is -4.91. The molecule has 32 heavy (non-hydrogen) atoms. The number of benzene rings is 3. The standard InChI is InChI=1S/C18H13N5O7S2/c24-16-14(32(28,29)30)9-11-8-12(31(25,26)27)6-7-13(11)15(16)20-22-18-19-17(21-23-18)10-4-2-1-3-5-10/h1-9,24H,(H,19,21,23)(H,25,26,27)(H,28,29,30)/b22-20+. The summed E-state index contributed by atoms with van der Waals surface area (Å²) >= 11 is 0. The summed E-state index contributed by atoms with van der Waals surface area (Å²) in [5.74, 6) is -0.663. The van der Waals surface area contributed by atoms with E-state index in [9.17, 15) is 31.0 Å². The molecule has 4 aromatic rings. The van der Waals surface area contributed by atoms with E-state index in [0.29, 0.717) is 5.82 Å². The van der Waals surface area contributed by atoms with Crippen molar-refractivity contribution in [1.82, 2.24) is 15.2 Å². The maximum Gasteiger partial charge on any atom is 0.298 e. The van der Waals surface area contributed by atoms with Gasteiger partial charge in [0.1, 0.15) is 10.6 Å². The molecule has 0 fully saturated rings. The van der Waals surface area contributed by atoms with Crippen LogP contribution in [0.5, 0.6) is 5.75 Å². The van der Waals surface area contributed by atoms with E-state index in [1.165, 1.54) is 6.07 Å². The molecule has 1 heterocycles. The molecule has 0 saturated heterocycles. The van der Waals surface area contributed by atoms with Crippen molar-refractivity contribution in [3.63, 3.8) is 0 Å². The SMILES string of the molecule is O=S(=O)(O)c1ccc2c(/N=N/c3n[nH]c(-c4ccccc4)n3)c(O)c(S(=O)(=O)O)cc2c1. The first-order chi connectivity index (χ1) is 15.0. The summed E-state index contributed by atoms with van der Waals surface area (Å²) in [7, 11) is -9.51. The number of H-pyrrole nitrogens is 1. The molecule has 12 nitrogen and oxygen atoms in total. The fraction of sp³-hybridized carbons (Fsp3) is 0. The highest BCUT2D eigenvalue weighted by Gasteiger charge is 2.23. The van der Waals surface area contributed by atoms with Crippen molar-refractivity contribution in [2.75, 3.05) is 0 Å². The Bertz CT molecular complexity index is 1580. The number of hydrogen-bond donors (Lipinski definition) is 4. The van der Waals surface area contributed by atoms with Crippen LogP contribution in [-0.4, -0.2) is 46.2 Å². The lowest BCUT2D eigenvalue weighted by atomic mass is 10.1. The Morgan fingerprint density at radius 1 is 0.875 bits per heavy atom. The number of phenolic OH excluding ortho intramolecular Hbond substituents is 1. The van der Waals surface area contributed by atoms with Gasteiger partial charge in [-0.2, -0.15) is 21.8 Å². The first kappa shape index (κ1) is 21.5. The molecule has 0 aliphatic carbocycles. The second-order valence-electron chi connectivity index (χ2n) is 6.46. The molecule has 0 amide bonds. The highest BCUT2D eigenvalue weighted by Crippen LogP contribution is 2.41. The van der Waals surface area contributed by atoms with Crippen molar-refractivity contribution in [1.29, 1.82) is 0 Å². The number of rotatable bonds is 5. The molecular weight excluding hydrogens is 462 g/mol. The topological polar surface area (TPSA) is 195 Å². The molecule has 164 valence electrons. The van der Waals surface area contributed by atoms with Crippen molar-refractivity contribution < 1.29 is 31.0 Å². The maximum atomic E-state index is 11.7. The van der Waals surface area contributed by atoms with Crippen molar-refractivity contribution in [2.45, 2.75) is 9.79 Å². The minimum absolute atomic E-state index is 0.0561. The highest BCUT2D eigenvalue weighted by atomic mass is 32.2. The smallest absolute Gasteiger partial charge is 0.298 e. The van der Waals surface area contributed by atoms with Crippen LogP contribution in [0, 0.1) is 0 Å². The van der Waals surface area contributed by atoms with Crippen molar-refractivity contribution >= 4 is 42.6 Å². The second-order valence-corrected chi connectivity index (χ2v) is 9.27. The normalized spacial score (nSPS) is 12.6. The number of azo groups is 1. The summed E-state index contributed by atoms with van der Waals surface area (Å²) in [4.78, 5) is 2.68. The van der Waals surface area contributed by atoms with Crippen LogP contribution in [0.15, 0.2) is 74.6 Å². The van der Waals surface area contributed by atoms with Crippen molar-refractivity contribution in [3.05, 3.63) is 54.6 Å². The summed E-state index contributed by atoms with van der Waals surface area (Å²) in [5, 5.41) is 24.6. The van der Waals surface area contributed by atoms with Gasteiger partial charge in [-0.1, -0.05) is 36.4 Å². The van der Waals surface area contributed by atoms with Gasteiger partial charge in [0, 0.05) is 10.9 Å².